The Morgan fingerprint density at radius 2 is 2.30 bits per heavy atom. The summed E-state index contributed by atoms with van der Waals surface area (Å²) in [5, 5.41) is 4.47. The Kier molecular flexibility index (Phi) is 3.37. The van der Waals surface area contributed by atoms with Crippen LogP contribution in [-0.4, -0.2) is 37.2 Å². The number of ether oxygens (including phenoxy) is 1. The zero-order valence-corrected chi connectivity index (χ0v) is 12.5. The molecule has 0 bridgehead atoms. The van der Waals surface area contributed by atoms with Gasteiger partial charge in [-0.25, -0.2) is 0 Å². The third-order valence-corrected chi connectivity index (χ3v) is 5.18. The van der Waals surface area contributed by atoms with Crippen LogP contribution in [0.4, 0.5) is 0 Å². The number of piperidine rings is 1. The van der Waals surface area contributed by atoms with Crippen LogP contribution < -0.4 is 10.1 Å². The first kappa shape index (κ1) is 12.9. The van der Waals surface area contributed by atoms with Crippen molar-refractivity contribution in [3.63, 3.8) is 0 Å². The van der Waals surface area contributed by atoms with Crippen LogP contribution in [0.25, 0.3) is 0 Å². The molecular formula is C16H21ClN2O. The largest absolute Gasteiger partial charge is 0.493 e. The van der Waals surface area contributed by atoms with Crippen molar-refractivity contribution in [3.8, 4) is 5.75 Å². The SMILES string of the molecule is Clc1cc2c(c(CN3CCC4NCCC4C3)c1)OCC2. The molecule has 2 fully saturated rings. The van der Waals surface area contributed by atoms with Gasteiger partial charge in [0.2, 0.25) is 0 Å². The van der Waals surface area contributed by atoms with Gasteiger partial charge in [-0.15, -0.1) is 0 Å². The number of likely N-dealkylation sites (tertiary alicyclic amines) is 1. The Morgan fingerprint density at radius 3 is 3.25 bits per heavy atom. The Bertz CT molecular complexity index is 519. The highest BCUT2D eigenvalue weighted by molar-refractivity contribution is 6.30. The fraction of sp³-hybridized carbons (Fsp3) is 0.625. The number of fused-ring (bicyclic) bond motifs is 2. The number of hydrogen-bond acceptors (Lipinski definition) is 3. The van der Waals surface area contributed by atoms with Crippen molar-refractivity contribution in [2.45, 2.75) is 31.8 Å². The number of benzene rings is 1. The van der Waals surface area contributed by atoms with Crippen LogP contribution in [-0.2, 0) is 13.0 Å². The van der Waals surface area contributed by atoms with Gasteiger partial charge in [0.1, 0.15) is 5.75 Å². The highest BCUT2D eigenvalue weighted by Crippen LogP contribution is 2.34. The second kappa shape index (κ2) is 5.21. The van der Waals surface area contributed by atoms with Gasteiger partial charge in [-0.05, 0) is 49.5 Å². The molecule has 2 unspecified atom stereocenters. The number of nitrogens with zero attached hydrogens (tertiary/aromatic N) is 1. The first-order valence-electron chi connectivity index (χ1n) is 7.69. The molecule has 1 aromatic carbocycles. The maximum absolute atomic E-state index is 6.25. The van der Waals surface area contributed by atoms with Gasteiger partial charge in [-0.2, -0.15) is 0 Å². The second-order valence-electron chi connectivity index (χ2n) is 6.28. The molecule has 0 aliphatic carbocycles. The van der Waals surface area contributed by atoms with Gasteiger partial charge in [-0.1, -0.05) is 11.6 Å². The van der Waals surface area contributed by atoms with E-state index in [-0.39, 0.29) is 0 Å². The van der Waals surface area contributed by atoms with Crippen molar-refractivity contribution < 1.29 is 4.74 Å². The fourth-order valence-electron chi connectivity index (χ4n) is 3.97. The lowest BCUT2D eigenvalue weighted by molar-refractivity contribution is 0.154. The van der Waals surface area contributed by atoms with Crippen molar-refractivity contribution >= 4 is 11.6 Å². The number of nitrogens with one attached hydrogen (secondary N) is 1. The summed E-state index contributed by atoms with van der Waals surface area (Å²) in [6.07, 6.45) is 3.59. The van der Waals surface area contributed by atoms with Gasteiger partial charge in [0.25, 0.3) is 0 Å². The first-order valence-corrected chi connectivity index (χ1v) is 8.07. The smallest absolute Gasteiger partial charge is 0.127 e. The van der Waals surface area contributed by atoms with E-state index in [4.69, 9.17) is 16.3 Å². The molecule has 3 heterocycles. The van der Waals surface area contributed by atoms with E-state index < -0.39 is 0 Å². The molecule has 3 aliphatic heterocycles. The molecule has 1 N–H and O–H groups in total. The Labute approximate surface area is 125 Å². The third-order valence-electron chi connectivity index (χ3n) is 4.96. The molecule has 0 aromatic heterocycles. The number of rotatable bonds is 2. The number of halogens is 1. The Hall–Kier alpha value is -0.770. The highest BCUT2D eigenvalue weighted by Gasteiger charge is 2.33. The lowest BCUT2D eigenvalue weighted by Crippen LogP contribution is -2.43. The topological polar surface area (TPSA) is 24.5 Å². The lowest BCUT2D eigenvalue weighted by Gasteiger charge is -2.35. The maximum atomic E-state index is 6.25. The van der Waals surface area contributed by atoms with Crippen molar-refractivity contribution in [1.29, 1.82) is 0 Å². The van der Waals surface area contributed by atoms with Crippen LogP contribution in [0.1, 0.15) is 24.0 Å². The summed E-state index contributed by atoms with van der Waals surface area (Å²) >= 11 is 6.25. The molecule has 2 atom stereocenters. The van der Waals surface area contributed by atoms with E-state index in [0.29, 0.717) is 0 Å². The minimum atomic E-state index is 0.757. The molecule has 2 saturated heterocycles. The van der Waals surface area contributed by atoms with Crippen molar-refractivity contribution in [3.05, 3.63) is 28.3 Å². The molecule has 0 amide bonds. The van der Waals surface area contributed by atoms with Gasteiger partial charge in [0.05, 0.1) is 6.61 Å². The Balaban J connectivity index is 1.52. The zero-order chi connectivity index (χ0) is 13.5. The van der Waals surface area contributed by atoms with E-state index >= 15 is 0 Å². The summed E-state index contributed by atoms with van der Waals surface area (Å²) in [6, 6.07) is 4.90. The van der Waals surface area contributed by atoms with E-state index in [1.165, 1.54) is 43.6 Å². The second-order valence-corrected chi connectivity index (χ2v) is 6.72. The van der Waals surface area contributed by atoms with E-state index in [1.54, 1.807) is 0 Å². The van der Waals surface area contributed by atoms with Gasteiger partial charge in [0.15, 0.2) is 0 Å². The van der Waals surface area contributed by atoms with Gasteiger partial charge in [0, 0.05) is 36.1 Å². The molecule has 1 aromatic rings. The first-order chi connectivity index (χ1) is 9.79. The summed E-state index contributed by atoms with van der Waals surface area (Å²) in [4.78, 5) is 2.57. The zero-order valence-electron chi connectivity index (χ0n) is 11.7. The predicted octanol–water partition coefficient (Wildman–Crippen LogP) is 2.46. The molecule has 20 heavy (non-hydrogen) atoms. The third kappa shape index (κ3) is 2.32. The lowest BCUT2D eigenvalue weighted by atomic mass is 9.93. The van der Waals surface area contributed by atoms with Crippen LogP contribution in [0.3, 0.4) is 0 Å². The van der Waals surface area contributed by atoms with E-state index in [0.717, 1.165) is 42.3 Å². The molecule has 108 valence electrons. The van der Waals surface area contributed by atoms with Crippen LogP contribution >= 0.6 is 11.6 Å². The standard InChI is InChI=1S/C16H21ClN2O/c17-14-7-11-3-6-20-16(11)13(8-14)10-19-5-2-15-12(9-19)1-4-18-15/h7-8,12,15,18H,1-6,9-10H2. The quantitative estimate of drug-likeness (QED) is 0.906. The van der Waals surface area contributed by atoms with Crippen LogP contribution in [0.5, 0.6) is 5.75 Å². The van der Waals surface area contributed by atoms with Crippen molar-refractivity contribution in [2.24, 2.45) is 5.92 Å². The van der Waals surface area contributed by atoms with Gasteiger partial charge >= 0.3 is 0 Å². The monoisotopic (exact) mass is 292 g/mol. The summed E-state index contributed by atoms with van der Waals surface area (Å²) in [5.74, 6) is 1.93. The van der Waals surface area contributed by atoms with E-state index in [1.807, 2.05) is 0 Å². The molecule has 3 nitrogen and oxygen atoms in total. The molecule has 4 heteroatoms. The van der Waals surface area contributed by atoms with Crippen LogP contribution in [0, 0.1) is 5.92 Å². The van der Waals surface area contributed by atoms with Crippen LogP contribution in [0.2, 0.25) is 5.02 Å². The van der Waals surface area contributed by atoms with E-state index in [9.17, 15) is 0 Å². The highest BCUT2D eigenvalue weighted by atomic mass is 35.5. The minimum absolute atomic E-state index is 0.757. The molecule has 3 aliphatic rings. The van der Waals surface area contributed by atoms with Crippen molar-refractivity contribution in [2.75, 3.05) is 26.2 Å². The summed E-state index contributed by atoms with van der Waals surface area (Å²) in [5.41, 5.74) is 2.55. The fourth-order valence-corrected chi connectivity index (χ4v) is 4.23. The minimum Gasteiger partial charge on any atom is -0.493 e. The normalized spacial score (nSPS) is 29.1. The molecule has 4 rings (SSSR count). The van der Waals surface area contributed by atoms with Gasteiger partial charge in [-0.3, -0.25) is 4.90 Å². The maximum Gasteiger partial charge on any atom is 0.127 e. The molecular weight excluding hydrogens is 272 g/mol. The molecule has 0 saturated carbocycles. The predicted molar refractivity (Wildman–Crippen MR) is 80.4 cm³/mol. The molecule has 0 spiro atoms. The van der Waals surface area contributed by atoms with Crippen LogP contribution in [0.15, 0.2) is 12.1 Å². The molecule has 0 radical (unpaired) electrons. The average molecular weight is 293 g/mol. The average Bonchev–Trinajstić information content (AvgIpc) is 3.05. The summed E-state index contributed by atoms with van der Waals surface area (Å²) < 4.78 is 5.82. The summed E-state index contributed by atoms with van der Waals surface area (Å²) in [7, 11) is 0. The Morgan fingerprint density at radius 1 is 1.35 bits per heavy atom. The van der Waals surface area contributed by atoms with E-state index in [2.05, 4.69) is 22.3 Å². The summed E-state index contributed by atoms with van der Waals surface area (Å²) in [6.45, 7) is 5.36. The number of hydrogen-bond donors (Lipinski definition) is 1. The van der Waals surface area contributed by atoms with Crippen molar-refractivity contribution in [1.82, 2.24) is 10.2 Å². The van der Waals surface area contributed by atoms with Gasteiger partial charge < -0.3 is 10.1 Å².